The number of rotatable bonds is 5. The zero-order chi connectivity index (χ0) is 15.4. The van der Waals surface area contributed by atoms with Crippen LogP contribution >= 0.6 is 23.2 Å². The number of benzene rings is 2. The minimum absolute atomic E-state index is 0.425. The minimum Gasteiger partial charge on any atom is -0.457 e. The van der Waals surface area contributed by atoms with Crippen LogP contribution in [-0.2, 0) is 6.54 Å². The summed E-state index contributed by atoms with van der Waals surface area (Å²) in [6.45, 7) is 6.90. The van der Waals surface area contributed by atoms with Crippen molar-refractivity contribution >= 4 is 23.2 Å². The summed E-state index contributed by atoms with van der Waals surface area (Å²) in [5.74, 6) is 1.47. The van der Waals surface area contributed by atoms with E-state index in [1.165, 1.54) is 0 Å². The fourth-order valence-electron chi connectivity index (χ4n) is 1.87. The molecule has 0 saturated carbocycles. The Balaban J connectivity index is 2.10. The zero-order valence-electron chi connectivity index (χ0n) is 12.4. The number of ether oxygens (including phenoxy) is 1. The molecule has 0 bridgehead atoms. The average molecular weight is 324 g/mol. The van der Waals surface area contributed by atoms with E-state index in [-0.39, 0.29) is 0 Å². The molecule has 2 aromatic rings. The smallest absolute Gasteiger partial charge is 0.128 e. The molecule has 0 amide bonds. The van der Waals surface area contributed by atoms with E-state index in [2.05, 4.69) is 19.2 Å². The quantitative estimate of drug-likeness (QED) is 0.774. The Bertz CT molecular complexity index is 626. The van der Waals surface area contributed by atoms with Crippen LogP contribution in [0.5, 0.6) is 11.5 Å². The van der Waals surface area contributed by atoms with Crippen molar-refractivity contribution in [2.45, 2.75) is 33.4 Å². The third-order valence-electron chi connectivity index (χ3n) is 3.09. The lowest BCUT2D eigenvalue weighted by molar-refractivity contribution is 0.482. The molecular formula is C17H19Cl2NO. The first-order valence-corrected chi connectivity index (χ1v) is 7.67. The van der Waals surface area contributed by atoms with Gasteiger partial charge >= 0.3 is 0 Å². The lowest BCUT2D eigenvalue weighted by Gasteiger charge is -2.12. The maximum Gasteiger partial charge on any atom is 0.128 e. The van der Waals surface area contributed by atoms with Gasteiger partial charge in [0.25, 0.3) is 0 Å². The fourth-order valence-corrected chi connectivity index (χ4v) is 2.22. The Morgan fingerprint density at radius 1 is 1.00 bits per heavy atom. The van der Waals surface area contributed by atoms with Crippen LogP contribution in [0.2, 0.25) is 10.0 Å². The van der Waals surface area contributed by atoms with Gasteiger partial charge < -0.3 is 10.1 Å². The van der Waals surface area contributed by atoms with Gasteiger partial charge in [-0.3, -0.25) is 0 Å². The topological polar surface area (TPSA) is 21.3 Å². The van der Waals surface area contributed by atoms with E-state index in [0.29, 0.717) is 11.1 Å². The van der Waals surface area contributed by atoms with Crippen LogP contribution in [0, 0.1) is 6.92 Å². The van der Waals surface area contributed by atoms with Gasteiger partial charge in [-0.05, 0) is 48.4 Å². The molecule has 0 radical (unpaired) electrons. The molecule has 0 atom stereocenters. The van der Waals surface area contributed by atoms with Gasteiger partial charge in [0.05, 0.1) is 0 Å². The highest BCUT2D eigenvalue weighted by atomic mass is 35.5. The monoisotopic (exact) mass is 323 g/mol. The Kier molecular flexibility index (Phi) is 5.51. The molecular weight excluding hydrogens is 305 g/mol. The molecule has 0 spiro atoms. The number of aryl methyl sites for hydroxylation is 1. The van der Waals surface area contributed by atoms with E-state index in [0.717, 1.165) is 34.2 Å². The van der Waals surface area contributed by atoms with E-state index in [9.17, 15) is 0 Å². The molecule has 112 valence electrons. The maximum atomic E-state index is 6.29. The van der Waals surface area contributed by atoms with Crippen molar-refractivity contribution in [1.82, 2.24) is 5.32 Å². The van der Waals surface area contributed by atoms with Crippen molar-refractivity contribution in [2.75, 3.05) is 0 Å². The SMILES string of the molecule is Cc1cc(Oc2ccc(CNC(C)C)c(Cl)c2)ccc1Cl. The number of hydrogen-bond acceptors (Lipinski definition) is 2. The van der Waals surface area contributed by atoms with Crippen molar-refractivity contribution in [1.29, 1.82) is 0 Å². The molecule has 21 heavy (non-hydrogen) atoms. The van der Waals surface area contributed by atoms with E-state index in [1.54, 1.807) is 0 Å². The highest BCUT2D eigenvalue weighted by molar-refractivity contribution is 6.31. The Labute approximate surface area is 136 Å². The molecule has 0 saturated heterocycles. The minimum atomic E-state index is 0.425. The van der Waals surface area contributed by atoms with Crippen LogP contribution in [-0.4, -0.2) is 6.04 Å². The summed E-state index contributed by atoms with van der Waals surface area (Å²) in [7, 11) is 0. The summed E-state index contributed by atoms with van der Waals surface area (Å²) in [5.41, 5.74) is 2.04. The summed E-state index contributed by atoms with van der Waals surface area (Å²) in [6, 6.07) is 11.7. The first-order chi connectivity index (χ1) is 9.95. The van der Waals surface area contributed by atoms with Crippen molar-refractivity contribution in [2.24, 2.45) is 0 Å². The fraction of sp³-hybridized carbons (Fsp3) is 0.294. The molecule has 0 aromatic heterocycles. The highest BCUT2D eigenvalue weighted by Crippen LogP contribution is 2.29. The molecule has 0 fully saturated rings. The largest absolute Gasteiger partial charge is 0.457 e. The van der Waals surface area contributed by atoms with E-state index in [4.69, 9.17) is 27.9 Å². The predicted molar refractivity (Wildman–Crippen MR) is 89.7 cm³/mol. The van der Waals surface area contributed by atoms with Gasteiger partial charge in [-0.2, -0.15) is 0 Å². The predicted octanol–water partition coefficient (Wildman–Crippen LogP) is 5.59. The van der Waals surface area contributed by atoms with Crippen molar-refractivity contribution in [3.05, 3.63) is 57.6 Å². The van der Waals surface area contributed by atoms with Crippen LogP contribution in [0.25, 0.3) is 0 Å². The van der Waals surface area contributed by atoms with Crippen molar-refractivity contribution < 1.29 is 4.74 Å². The Morgan fingerprint density at radius 2 is 1.67 bits per heavy atom. The summed E-state index contributed by atoms with van der Waals surface area (Å²) >= 11 is 12.3. The maximum absolute atomic E-state index is 6.29. The molecule has 0 aliphatic carbocycles. The normalized spacial score (nSPS) is 11.0. The third kappa shape index (κ3) is 4.63. The van der Waals surface area contributed by atoms with Gasteiger partial charge in [0, 0.05) is 22.6 Å². The summed E-state index contributed by atoms with van der Waals surface area (Å²) in [5, 5.41) is 4.78. The second kappa shape index (κ2) is 7.17. The molecule has 2 rings (SSSR count). The van der Waals surface area contributed by atoms with Crippen molar-refractivity contribution in [3.63, 3.8) is 0 Å². The summed E-state index contributed by atoms with van der Waals surface area (Å²) in [4.78, 5) is 0. The first-order valence-electron chi connectivity index (χ1n) is 6.91. The number of hydrogen-bond donors (Lipinski definition) is 1. The van der Waals surface area contributed by atoms with E-state index >= 15 is 0 Å². The van der Waals surface area contributed by atoms with Crippen molar-refractivity contribution in [3.8, 4) is 11.5 Å². The van der Waals surface area contributed by atoms with Gasteiger partial charge in [-0.1, -0.05) is 43.1 Å². The van der Waals surface area contributed by atoms with Crippen LogP contribution in [0.1, 0.15) is 25.0 Å². The highest BCUT2D eigenvalue weighted by Gasteiger charge is 2.05. The van der Waals surface area contributed by atoms with Gasteiger partial charge in [0.1, 0.15) is 11.5 Å². The number of halogens is 2. The first kappa shape index (κ1) is 16.2. The Hall–Kier alpha value is -1.22. The van der Waals surface area contributed by atoms with Crippen LogP contribution in [0.4, 0.5) is 0 Å². The summed E-state index contributed by atoms with van der Waals surface area (Å²) < 4.78 is 5.81. The number of nitrogens with one attached hydrogen (secondary N) is 1. The molecule has 0 heterocycles. The van der Waals surface area contributed by atoms with Crippen LogP contribution < -0.4 is 10.1 Å². The summed E-state index contributed by atoms with van der Waals surface area (Å²) in [6.07, 6.45) is 0. The van der Waals surface area contributed by atoms with E-state index in [1.807, 2.05) is 43.3 Å². The Morgan fingerprint density at radius 3 is 2.29 bits per heavy atom. The molecule has 0 aliphatic heterocycles. The van der Waals surface area contributed by atoms with Crippen LogP contribution in [0.3, 0.4) is 0 Å². The average Bonchev–Trinajstić information content (AvgIpc) is 2.42. The zero-order valence-corrected chi connectivity index (χ0v) is 13.9. The molecule has 4 heteroatoms. The van der Waals surface area contributed by atoms with Gasteiger partial charge in [0.2, 0.25) is 0 Å². The molecule has 0 aliphatic rings. The van der Waals surface area contributed by atoms with Gasteiger partial charge in [0.15, 0.2) is 0 Å². The molecule has 1 N–H and O–H groups in total. The standard InChI is InChI=1S/C17H19Cl2NO/c1-11(2)20-10-13-4-5-15(9-17(13)19)21-14-6-7-16(18)12(3)8-14/h4-9,11,20H,10H2,1-3H3. The molecule has 0 unspecified atom stereocenters. The van der Waals surface area contributed by atoms with Gasteiger partial charge in [-0.25, -0.2) is 0 Å². The molecule has 2 aromatic carbocycles. The van der Waals surface area contributed by atoms with Gasteiger partial charge in [-0.15, -0.1) is 0 Å². The lowest BCUT2D eigenvalue weighted by atomic mass is 10.2. The van der Waals surface area contributed by atoms with Crippen LogP contribution in [0.15, 0.2) is 36.4 Å². The van der Waals surface area contributed by atoms with E-state index < -0.39 is 0 Å². The second-order valence-corrected chi connectivity index (χ2v) is 6.12. The molecule has 2 nitrogen and oxygen atoms in total. The lowest BCUT2D eigenvalue weighted by Crippen LogP contribution is -2.21. The third-order valence-corrected chi connectivity index (χ3v) is 3.87. The second-order valence-electron chi connectivity index (χ2n) is 5.30.